The summed E-state index contributed by atoms with van der Waals surface area (Å²) in [6.07, 6.45) is 2.91. The van der Waals surface area contributed by atoms with E-state index >= 15 is 0 Å². The van der Waals surface area contributed by atoms with Gasteiger partial charge in [0.1, 0.15) is 0 Å². The molecule has 0 fully saturated rings. The molecule has 0 saturated heterocycles. The van der Waals surface area contributed by atoms with Gasteiger partial charge in [0.2, 0.25) is 0 Å². The van der Waals surface area contributed by atoms with Crippen LogP contribution >= 0.6 is 24.0 Å². The van der Waals surface area contributed by atoms with Crippen molar-refractivity contribution in [3.63, 3.8) is 0 Å². The molecule has 0 aromatic carbocycles. The molecule has 0 bridgehead atoms. The molecular formula is C13H26IN5. The lowest BCUT2D eigenvalue weighted by Crippen LogP contribution is -2.38. The molecule has 0 atom stereocenters. The number of aryl methyl sites for hydroxylation is 1. The van der Waals surface area contributed by atoms with Crippen molar-refractivity contribution in [1.29, 1.82) is 0 Å². The van der Waals surface area contributed by atoms with E-state index in [2.05, 4.69) is 41.5 Å². The first-order valence-corrected chi connectivity index (χ1v) is 6.34. The van der Waals surface area contributed by atoms with E-state index in [4.69, 9.17) is 0 Å². The van der Waals surface area contributed by atoms with Crippen LogP contribution in [0.5, 0.6) is 0 Å². The van der Waals surface area contributed by atoms with Crippen LogP contribution in [0, 0.1) is 5.41 Å². The summed E-state index contributed by atoms with van der Waals surface area (Å²) in [5, 5.41) is 10.7. The first-order valence-electron chi connectivity index (χ1n) is 6.34. The molecule has 19 heavy (non-hydrogen) atoms. The summed E-state index contributed by atoms with van der Waals surface area (Å²) in [7, 11) is 3.72. The zero-order valence-corrected chi connectivity index (χ0v) is 14.9. The zero-order valence-electron chi connectivity index (χ0n) is 12.5. The average Bonchev–Trinajstić information content (AvgIpc) is 2.67. The van der Waals surface area contributed by atoms with Crippen LogP contribution in [0.25, 0.3) is 0 Å². The smallest absolute Gasteiger partial charge is 0.191 e. The van der Waals surface area contributed by atoms with Gasteiger partial charge in [-0.15, -0.1) is 24.0 Å². The Hall–Kier alpha value is -0.790. The first-order chi connectivity index (χ1) is 8.42. The summed E-state index contributed by atoms with van der Waals surface area (Å²) in [4.78, 5) is 4.20. The molecule has 1 heterocycles. The maximum atomic E-state index is 4.20. The van der Waals surface area contributed by atoms with Gasteiger partial charge in [-0.2, -0.15) is 5.10 Å². The number of hydrogen-bond donors (Lipinski definition) is 2. The van der Waals surface area contributed by atoms with Crippen molar-refractivity contribution in [2.24, 2.45) is 17.5 Å². The van der Waals surface area contributed by atoms with Crippen molar-refractivity contribution in [3.8, 4) is 0 Å². The summed E-state index contributed by atoms with van der Waals surface area (Å²) >= 11 is 0. The first kappa shape index (κ1) is 18.2. The number of nitrogens with zero attached hydrogens (tertiary/aromatic N) is 3. The largest absolute Gasteiger partial charge is 0.356 e. The van der Waals surface area contributed by atoms with Gasteiger partial charge in [0, 0.05) is 26.8 Å². The summed E-state index contributed by atoms with van der Waals surface area (Å²) < 4.78 is 1.86. The van der Waals surface area contributed by atoms with Crippen LogP contribution in [0.2, 0.25) is 0 Å². The Morgan fingerprint density at radius 1 is 1.37 bits per heavy atom. The van der Waals surface area contributed by atoms with Crippen LogP contribution in [-0.2, 0) is 13.6 Å². The molecule has 0 radical (unpaired) electrons. The molecule has 1 rings (SSSR count). The van der Waals surface area contributed by atoms with E-state index in [9.17, 15) is 0 Å². The van der Waals surface area contributed by atoms with Crippen LogP contribution in [0.3, 0.4) is 0 Å². The summed E-state index contributed by atoms with van der Waals surface area (Å²) in [6, 6.07) is 2.00. The number of rotatable bonds is 4. The normalized spacial score (nSPS) is 11.9. The van der Waals surface area contributed by atoms with E-state index in [1.54, 1.807) is 13.2 Å². The van der Waals surface area contributed by atoms with Crippen molar-refractivity contribution in [1.82, 2.24) is 20.4 Å². The van der Waals surface area contributed by atoms with E-state index in [-0.39, 0.29) is 24.0 Å². The third-order valence-corrected chi connectivity index (χ3v) is 2.75. The minimum absolute atomic E-state index is 0. The maximum Gasteiger partial charge on any atom is 0.191 e. The van der Waals surface area contributed by atoms with Gasteiger partial charge < -0.3 is 10.6 Å². The standard InChI is InChI=1S/C13H25N5.HI/c1-13(2,3)7-9-15-12(14-4)16-10-11-6-8-17-18(11)5;/h6,8H,7,9-10H2,1-5H3,(H2,14,15,16);1H. The molecule has 6 heteroatoms. The lowest BCUT2D eigenvalue weighted by molar-refractivity contribution is 0.377. The minimum Gasteiger partial charge on any atom is -0.356 e. The zero-order chi connectivity index (χ0) is 13.6. The molecule has 0 spiro atoms. The van der Waals surface area contributed by atoms with Crippen LogP contribution in [-0.4, -0.2) is 29.3 Å². The van der Waals surface area contributed by atoms with Crippen LogP contribution in [0.1, 0.15) is 32.9 Å². The van der Waals surface area contributed by atoms with Gasteiger partial charge in [-0.25, -0.2) is 0 Å². The second kappa shape index (κ2) is 8.39. The fourth-order valence-corrected chi connectivity index (χ4v) is 1.53. The number of nitrogens with one attached hydrogen (secondary N) is 2. The molecule has 0 aliphatic carbocycles. The fraction of sp³-hybridized carbons (Fsp3) is 0.692. The molecule has 0 unspecified atom stereocenters. The Balaban J connectivity index is 0.00000324. The SMILES string of the molecule is CN=C(NCCC(C)(C)C)NCc1ccnn1C.I. The van der Waals surface area contributed by atoms with Crippen molar-refractivity contribution in [3.05, 3.63) is 18.0 Å². The van der Waals surface area contributed by atoms with Gasteiger partial charge in [-0.05, 0) is 17.9 Å². The lowest BCUT2D eigenvalue weighted by atomic mass is 9.92. The summed E-state index contributed by atoms with van der Waals surface area (Å²) in [5.74, 6) is 0.834. The number of aliphatic imine (C=N–C) groups is 1. The second-order valence-corrected chi connectivity index (χ2v) is 5.61. The Kier molecular flexibility index (Phi) is 8.05. The predicted molar refractivity (Wildman–Crippen MR) is 90.9 cm³/mol. The molecule has 0 saturated carbocycles. The summed E-state index contributed by atoms with van der Waals surface area (Å²) in [5.41, 5.74) is 1.47. The van der Waals surface area contributed by atoms with E-state index in [0.29, 0.717) is 5.41 Å². The highest BCUT2D eigenvalue weighted by Crippen LogP contribution is 2.16. The van der Waals surface area contributed by atoms with Crippen molar-refractivity contribution in [2.75, 3.05) is 13.6 Å². The van der Waals surface area contributed by atoms with Crippen molar-refractivity contribution in [2.45, 2.75) is 33.7 Å². The Bertz CT molecular complexity index is 392. The van der Waals surface area contributed by atoms with Gasteiger partial charge in [-0.3, -0.25) is 9.67 Å². The topological polar surface area (TPSA) is 54.2 Å². The third-order valence-electron chi connectivity index (χ3n) is 2.75. The highest BCUT2D eigenvalue weighted by atomic mass is 127. The van der Waals surface area contributed by atoms with E-state index in [1.165, 1.54) is 0 Å². The Morgan fingerprint density at radius 2 is 2.05 bits per heavy atom. The minimum atomic E-state index is 0. The van der Waals surface area contributed by atoms with Gasteiger partial charge in [-0.1, -0.05) is 20.8 Å². The van der Waals surface area contributed by atoms with E-state index in [1.807, 2.05) is 17.8 Å². The molecule has 0 aliphatic heterocycles. The quantitative estimate of drug-likeness (QED) is 0.479. The third kappa shape index (κ3) is 7.39. The lowest BCUT2D eigenvalue weighted by Gasteiger charge is -2.19. The van der Waals surface area contributed by atoms with Gasteiger partial charge in [0.15, 0.2) is 5.96 Å². The molecule has 0 amide bonds. The summed E-state index contributed by atoms with van der Waals surface area (Å²) in [6.45, 7) is 8.36. The number of guanidine groups is 1. The number of hydrogen-bond acceptors (Lipinski definition) is 2. The predicted octanol–water partition coefficient (Wildman–Crippen LogP) is 2.14. The molecule has 1 aromatic heterocycles. The highest BCUT2D eigenvalue weighted by molar-refractivity contribution is 14.0. The monoisotopic (exact) mass is 379 g/mol. The van der Waals surface area contributed by atoms with E-state index in [0.717, 1.165) is 31.2 Å². The van der Waals surface area contributed by atoms with Crippen LogP contribution in [0.4, 0.5) is 0 Å². The van der Waals surface area contributed by atoms with Crippen LogP contribution < -0.4 is 10.6 Å². The molecule has 1 aromatic rings. The molecular weight excluding hydrogens is 353 g/mol. The van der Waals surface area contributed by atoms with Gasteiger partial charge in [0.05, 0.1) is 12.2 Å². The maximum absolute atomic E-state index is 4.20. The number of halogens is 1. The van der Waals surface area contributed by atoms with Crippen molar-refractivity contribution < 1.29 is 0 Å². The molecule has 110 valence electrons. The second-order valence-electron chi connectivity index (χ2n) is 5.61. The fourth-order valence-electron chi connectivity index (χ4n) is 1.53. The van der Waals surface area contributed by atoms with Crippen LogP contribution in [0.15, 0.2) is 17.3 Å². The average molecular weight is 379 g/mol. The molecule has 2 N–H and O–H groups in total. The molecule has 5 nitrogen and oxygen atoms in total. The Morgan fingerprint density at radius 3 is 2.53 bits per heavy atom. The van der Waals surface area contributed by atoms with Gasteiger partial charge in [0.25, 0.3) is 0 Å². The Labute approximate surface area is 133 Å². The van der Waals surface area contributed by atoms with Gasteiger partial charge >= 0.3 is 0 Å². The van der Waals surface area contributed by atoms with Crippen molar-refractivity contribution >= 4 is 29.9 Å². The van der Waals surface area contributed by atoms with E-state index < -0.39 is 0 Å². The number of aromatic nitrogens is 2. The highest BCUT2D eigenvalue weighted by Gasteiger charge is 2.09. The molecule has 0 aliphatic rings.